The number of rotatable bonds is 8. The van der Waals surface area contributed by atoms with Crippen LogP contribution < -0.4 is 4.74 Å². The zero-order valence-corrected chi connectivity index (χ0v) is 23.0. The lowest BCUT2D eigenvalue weighted by Crippen LogP contribution is -2.41. The molecule has 0 amide bonds. The first-order chi connectivity index (χ1) is 18.0. The molecule has 3 aromatic carbocycles. The van der Waals surface area contributed by atoms with Crippen molar-refractivity contribution in [3.8, 4) is 11.5 Å². The van der Waals surface area contributed by atoms with Gasteiger partial charge >= 0.3 is 0 Å². The molecule has 1 radical (unpaired) electrons. The lowest BCUT2D eigenvalue weighted by Gasteiger charge is -2.36. The van der Waals surface area contributed by atoms with Crippen molar-refractivity contribution in [3.05, 3.63) is 103 Å². The lowest BCUT2D eigenvalue weighted by molar-refractivity contribution is 0.439. The first-order valence-corrected chi connectivity index (χ1v) is 16.2. The van der Waals surface area contributed by atoms with Gasteiger partial charge in [0.2, 0.25) is 10.0 Å². The second kappa shape index (κ2) is 11.0. The molecular weight excluding hydrogens is 496 g/mol. The van der Waals surface area contributed by atoms with E-state index in [4.69, 9.17) is 4.74 Å². The van der Waals surface area contributed by atoms with Crippen molar-refractivity contribution in [2.45, 2.75) is 36.4 Å². The van der Waals surface area contributed by atoms with Crippen LogP contribution in [-0.4, -0.2) is 39.6 Å². The molecule has 0 spiro atoms. The zero-order valence-electron chi connectivity index (χ0n) is 21.2. The SMILES string of the molecule is CC[Si](CC)[C@H]1CN(S(=O)(=O)c2cccc3cccnc23)CC=C1c1cccc(Oc2ccccc2)c1. The van der Waals surface area contributed by atoms with Crippen LogP contribution in [-0.2, 0) is 10.0 Å². The Labute approximate surface area is 221 Å². The highest BCUT2D eigenvalue weighted by Gasteiger charge is 2.36. The fourth-order valence-corrected chi connectivity index (χ4v) is 9.49. The van der Waals surface area contributed by atoms with Crippen molar-refractivity contribution in [3.63, 3.8) is 0 Å². The molecule has 4 aromatic rings. The predicted octanol–water partition coefficient (Wildman–Crippen LogP) is 7.02. The van der Waals surface area contributed by atoms with Crippen LogP contribution in [0.1, 0.15) is 19.4 Å². The number of sulfonamides is 1. The maximum atomic E-state index is 13.9. The highest BCUT2D eigenvalue weighted by atomic mass is 32.2. The fourth-order valence-electron chi connectivity index (χ4n) is 5.11. The normalized spacial score (nSPS) is 16.6. The van der Waals surface area contributed by atoms with E-state index >= 15 is 0 Å². The Morgan fingerprint density at radius 1 is 0.919 bits per heavy atom. The van der Waals surface area contributed by atoms with Crippen LogP contribution in [0.3, 0.4) is 0 Å². The third kappa shape index (κ3) is 5.25. The molecular formula is C30H31N2O3SSi. The molecule has 0 saturated heterocycles. The molecule has 1 aliphatic heterocycles. The summed E-state index contributed by atoms with van der Waals surface area (Å²) in [6, 6.07) is 29.2. The zero-order chi connectivity index (χ0) is 25.8. The lowest BCUT2D eigenvalue weighted by atomic mass is 9.99. The minimum atomic E-state index is -3.71. The van der Waals surface area contributed by atoms with E-state index < -0.39 is 18.8 Å². The summed E-state index contributed by atoms with van der Waals surface area (Å²) >= 11 is 0. The van der Waals surface area contributed by atoms with E-state index in [1.54, 1.807) is 22.6 Å². The van der Waals surface area contributed by atoms with Crippen LogP contribution in [0, 0.1) is 0 Å². The molecule has 1 atom stereocenters. The summed E-state index contributed by atoms with van der Waals surface area (Å²) in [7, 11) is -4.54. The van der Waals surface area contributed by atoms with E-state index in [-0.39, 0.29) is 10.4 Å². The van der Waals surface area contributed by atoms with E-state index in [0.29, 0.717) is 18.6 Å². The third-order valence-electron chi connectivity index (χ3n) is 7.04. The first-order valence-electron chi connectivity index (χ1n) is 12.7. The van der Waals surface area contributed by atoms with Crippen molar-refractivity contribution in [1.82, 2.24) is 9.29 Å². The van der Waals surface area contributed by atoms with Gasteiger partial charge in [-0.25, -0.2) is 8.42 Å². The Morgan fingerprint density at radius 2 is 1.65 bits per heavy atom. The maximum absolute atomic E-state index is 13.9. The van der Waals surface area contributed by atoms with Crippen LogP contribution in [0.15, 0.2) is 102 Å². The minimum absolute atomic E-state index is 0.179. The Morgan fingerprint density at radius 3 is 2.43 bits per heavy atom. The summed E-state index contributed by atoms with van der Waals surface area (Å²) < 4.78 is 35.5. The molecule has 189 valence electrons. The molecule has 0 bridgehead atoms. The molecule has 0 N–H and O–H groups in total. The van der Waals surface area contributed by atoms with Gasteiger partial charge in [-0.2, -0.15) is 4.31 Å². The van der Waals surface area contributed by atoms with E-state index in [1.165, 1.54) is 5.57 Å². The molecule has 37 heavy (non-hydrogen) atoms. The summed E-state index contributed by atoms with van der Waals surface area (Å²) in [6.07, 6.45) is 3.76. The number of aromatic nitrogens is 1. The number of pyridine rings is 1. The fraction of sp³-hybridized carbons (Fsp3) is 0.233. The minimum Gasteiger partial charge on any atom is -0.457 e. The van der Waals surface area contributed by atoms with E-state index in [0.717, 1.165) is 34.5 Å². The Hall–Kier alpha value is -3.26. The standard InChI is InChI=1S/C30H31N2O3SSi/c1-3-37(4-2)29-22-32(36(33,34)28-17-9-11-23-13-10-19-31-30(23)28)20-18-27(29)24-12-8-16-26(21-24)35-25-14-6-5-7-15-25/h5-19,21,29H,3-4,20,22H2,1-2H3/t29-/m0/s1. The number of para-hydroxylation sites is 2. The summed E-state index contributed by atoms with van der Waals surface area (Å²) in [4.78, 5) is 4.69. The van der Waals surface area contributed by atoms with Crippen molar-refractivity contribution < 1.29 is 13.2 Å². The second-order valence-corrected chi connectivity index (χ2v) is 14.5. The van der Waals surface area contributed by atoms with Gasteiger partial charge in [-0.3, -0.25) is 4.98 Å². The van der Waals surface area contributed by atoms with Crippen LogP contribution in [0.2, 0.25) is 17.6 Å². The molecule has 0 aliphatic carbocycles. The van der Waals surface area contributed by atoms with Gasteiger partial charge in [-0.15, -0.1) is 0 Å². The Balaban J connectivity index is 1.50. The van der Waals surface area contributed by atoms with Gasteiger partial charge in [0.1, 0.15) is 16.4 Å². The molecule has 5 rings (SSSR count). The van der Waals surface area contributed by atoms with Gasteiger partial charge in [0.15, 0.2) is 0 Å². The molecule has 2 heterocycles. The summed E-state index contributed by atoms with van der Waals surface area (Å²) in [6.45, 7) is 5.28. The van der Waals surface area contributed by atoms with E-state index in [9.17, 15) is 8.42 Å². The maximum Gasteiger partial charge on any atom is 0.245 e. The Kier molecular flexibility index (Phi) is 7.55. The average Bonchev–Trinajstić information content (AvgIpc) is 2.94. The van der Waals surface area contributed by atoms with E-state index in [2.05, 4.69) is 37.0 Å². The van der Waals surface area contributed by atoms with Gasteiger partial charge in [0.05, 0.1) is 14.3 Å². The molecule has 1 aromatic heterocycles. The molecule has 5 nitrogen and oxygen atoms in total. The van der Waals surface area contributed by atoms with Crippen molar-refractivity contribution in [2.75, 3.05) is 13.1 Å². The van der Waals surface area contributed by atoms with Crippen LogP contribution in [0.25, 0.3) is 16.5 Å². The molecule has 7 heteroatoms. The van der Waals surface area contributed by atoms with Gasteiger partial charge in [0, 0.05) is 24.7 Å². The van der Waals surface area contributed by atoms with Crippen molar-refractivity contribution in [2.24, 2.45) is 0 Å². The summed E-state index contributed by atoms with van der Waals surface area (Å²) in [5.74, 6) is 1.57. The number of fused-ring (bicyclic) bond motifs is 1. The summed E-state index contributed by atoms with van der Waals surface area (Å²) in [5, 5.41) is 0.829. The quantitative estimate of drug-likeness (QED) is 0.231. The number of ether oxygens (including phenoxy) is 1. The number of nitrogens with zero attached hydrogens (tertiary/aromatic N) is 2. The Bertz CT molecular complexity index is 1510. The molecule has 0 saturated carbocycles. The summed E-state index contributed by atoms with van der Waals surface area (Å²) in [5.41, 5.74) is 3.04. The second-order valence-electron chi connectivity index (χ2n) is 9.17. The largest absolute Gasteiger partial charge is 0.457 e. The smallest absolute Gasteiger partial charge is 0.245 e. The van der Waals surface area contributed by atoms with Crippen LogP contribution >= 0.6 is 0 Å². The highest BCUT2D eigenvalue weighted by Crippen LogP contribution is 2.40. The number of hydrogen-bond donors (Lipinski definition) is 0. The van der Waals surface area contributed by atoms with Gasteiger partial charge in [-0.05, 0) is 53.1 Å². The van der Waals surface area contributed by atoms with Crippen molar-refractivity contribution in [1.29, 1.82) is 0 Å². The topological polar surface area (TPSA) is 59.5 Å². The molecule has 0 unspecified atom stereocenters. The molecule has 0 fully saturated rings. The third-order valence-corrected chi connectivity index (χ3v) is 12.2. The number of hydrogen-bond acceptors (Lipinski definition) is 4. The molecule has 1 aliphatic rings. The average molecular weight is 528 g/mol. The van der Waals surface area contributed by atoms with Gasteiger partial charge in [-0.1, -0.05) is 80.5 Å². The number of benzene rings is 3. The highest BCUT2D eigenvalue weighted by molar-refractivity contribution is 7.89. The van der Waals surface area contributed by atoms with Crippen molar-refractivity contribution >= 4 is 35.3 Å². The monoisotopic (exact) mass is 527 g/mol. The van der Waals surface area contributed by atoms with Gasteiger partial charge in [0.25, 0.3) is 0 Å². The first kappa shape index (κ1) is 25.4. The van der Waals surface area contributed by atoms with Gasteiger partial charge < -0.3 is 4.74 Å². The predicted molar refractivity (Wildman–Crippen MR) is 152 cm³/mol. The van der Waals surface area contributed by atoms with E-state index in [1.807, 2.05) is 60.7 Å². The van der Waals surface area contributed by atoms with Crippen LogP contribution in [0.5, 0.6) is 11.5 Å². The van der Waals surface area contributed by atoms with Crippen LogP contribution in [0.4, 0.5) is 0 Å².